The number of rotatable bonds is 5. The van der Waals surface area contributed by atoms with Gasteiger partial charge in [-0.05, 0) is 43.4 Å². The van der Waals surface area contributed by atoms with Gasteiger partial charge in [0.05, 0.1) is 12.2 Å². The van der Waals surface area contributed by atoms with Crippen LogP contribution >= 0.6 is 0 Å². The molecule has 0 atom stereocenters. The molecule has 1 aromatic carbocycles. The third-order valence-corrected chi connectivity index (χ3v) is 2.88. The van der Waals surface area contributed by atoms with Gasteiger partial charge in [-0.25, -0.2) is 0 Å². The zero-order valence-corrected chi connectivity index (χ0v) is 10.3. The van der Waals surface area contributed by atoms with Crippen LogP contribution in [0.2, 0.25) is 0 Å². The highest BCUT2D eigenvalue weighted by Crippen LogP contribution is 2.28. The maximum absolute atomic E-state index is 8.96. The van der Waals surface area contributed by atoms with Crippen LogP contribution in [-0.4, -0.2) is 6.61 Å². The van der Waals surface area contributed by atoms with Gasteiger partial charge in [-0.3, -0.25) is 0 Å². The zero-order chi connectivity index (χ0) is 12.0. The number of hydrogen-bond donors (Lipinski definition) is 0. The van der Waals surface area contributed by atoms with Gasteiger partial charge in [0, 0.05) is 0 Å². The monoisotopic (exact) mass is 217 g/mol. The number of benzene rings is 1. The lowest BCUT2D eigenvalue weighted by atomic mass is 9.93. The predicted molar refractivity (Wildman–Crippen MR) is 65.6 cm³/mol. The van der Waals surface area contributed by atoms with Crippen LogP contribution < -0.4 is 4.74 Å². The van der Waals surface area contributed by atoms with Gasteiger partial charge >= 0.3 is 0 Å². The summed E-state index contributed by atoms with van der Waals surface area (Å²) in [6, 6.07) is 8.07. The van der Waals surface area contributed by atoms with E-state index in [4.69, 9.17) is 10.00 Å². The lowest BCUT2D eigenvalue weighted by Crippen LogP contribution is -1.99. The fraction of sp³-hybridized carbons (Fsp3) is 0.500. The van der Waals surface area contributed by atoms with Crippen LogP contribution in [0.4, 0.5) is 0 Å². The van der Waals surface area contributed by atoms with Crippen molar-refractivity contribution in [2.45, 2.75) is 39.5 Å². The molecule has 2 nitrogen and oxygen atoms in total. The van der Waals surface area contributed by atoms with E-state index in [0.717, 1.165) is 18.6 Å². The standard InChI is InChI=1S/C14H19NO/c1-4-11(5-2)12-7-8-13(10-15)14(9-12)16-6-3/h7-9,11H,4-6H2,1-3H3. The zero-order valence-electron chi connectivity index (χ0n) is 10.3. The SMILES string of the molecule is CCOc1cc(C(CC)CC)ccc1C#N. The molecule has 2 heteroatoms. The van der Waals surface area contributed by atoms with Crippen LogP contribution in [0.15, 0.2) is 18.2 Å². The molecule has 0 unspecified atom stereocenters. The molecule has 0 aromatic heterocycles. The summed E-state index contributed by atoms with van der Waals surface area (Å²) in [4.78, 5) is 0. The van der Waals surface area contributed by atoms with Crippen molar-refractivity contribution in [1.29, 1.82) is 5.26 Å². The molecule has 0 fully saturated rings. The van der Waals surface area contributed by atoms with Crippen LogP contribution in [-0.2, 0) is 0 Å². The van der Waals surface area contributed by atoms with Gasteiger partial charge in [-0.2, -0.15) is 5.26 Å². The lowest BCUT2D eigenvalue weighted by molar-refractivity contribution is 0.338. The summed E-state index contributed by atoms with van der Waals surface area (Å²) in [5.74, 6) is 1.28. The second-order valence-corrected chi connectivity index (χ2v) is 3.81. The summed E-state index contributed by atoms with van der Waals surface area (Å²) in [6.07, 6.45) is 2.24. The molecule has 1 rings (SSSR count). The van der Waals surface area contributed by atoms with Gasteiger partial charge in [-0.1, -0.05) is 19.9 Å². The summed E-state index contributed by atoms with van der Waals surface area (Å²) >= 11 is 0. The molecular weight excluding hydrogens is 198 g/mol. The molecule has 0 radical (unpaired) electrons. The van der Waals surface area contributed by atoms with E-state index in [1.54, 1.807) is 0 Å². The van der Waals surface area contributed by atoms with E-state index in [9.17, 15) is 0 Å². The summed E-state index contributed by atoms with van der Waals surface area (Å²) in [5, 5.41) is 8.96. The first-order chi connectivity index (χ1) is 7.76. The topological polar surface area (TPSA) is 33.0 Å². The van der Waals surface area contributed by atoms with E-state index in [0.29, 0.717) is 18.1 Å². The Balaban J connectivity index is 3.06. The number of nitriles is 1. The van der Waals surface area contributed by atoms with E-state index in [2.05, 4.69) is 19.9 Å². The Bertz CT molecular complexity index is 375. The number of ether oxygens (including phenoxy) is 1. The summed E-state index contributed by atoms with van der Waals surface area (Å²) < 4.78 is 5.49. The van der Waals surface area contributed by atoms with Gasteiger partial charge in [-0.15, -0.1) is 0 Å². The first-order valence-electron chi connectivity index (χ1n) is 5.93. The molecule has 0 saturated heterocycles. The second-order valence-electron chi connectivity index (χ2n) is 3.81. The molecule has 0 spiro atoms. The highest BCUT2D eigenvalue weighted by Gasteiger charge is 2.10. The smallest absolute Gasteiger partial charge is 0.137 e. The maximum atomic E-state index is 8.96. The van der Waals surface area contributed by atoms with E-state index in [1.165, 1.54) is 5.56 Å². The first-order valence-corrected chi connectivity index (χ1v) is 5.93. The Morgan fingerprint density at radius 2 is 1.94 bits per heavy atom. The van der Waals surface area contributed by atoms with Crippen LogP contribution in [0.5, 0.6) is 5.75 Å². The van der Waals surface area contributed by atoms with Crippen molar-refractivity contribution >= 4 is 0 Å². The minimum Gasteiger partial charge on any atom is -0.492 e. The van der Waals surface area contributed by atoms with Gasteiger partial charge in [0.1, 0.15) is 11.8 Å². The first kappa shape index (κ1) is 12.6. The van der Waals surface area contributed by atoms with E-state index < -0.39 is 0 Å². The Morgan fingerprint density at radius 3 is 2.44 bits per heavy atom. The van der Waals surface area contributed by atoms with Gasteiger partial charge in [0.2, 0.25) is 0 Å². The van der Waals surface area contributed by atoms with Crippen molar-refractivity contribution in [3.8, 4) is 11.8 Å². The average molecular weight is 217 g/mol. The Morgan fingerprint density at radius 1 is 1.25 bits per heavy atom. The Hall–Kier alpha value is -1.49. The molecule has 0 aliphatic heterocycles. The van der Waals surface area contributed by atoms with E-state index in [1.807, 2.05) is 25.1 Å². The van der Waals surface area contributed by atoms with Crippen LogP contribution in [0.3, 0.4) is 0 Å². The van der Waals surface area contributed by atoms with E-state index in [-0.39, 0.29) is 0 Å². The number of nitrogens with zero attached hydrogens (tertiary/aromatic N) is 1. The third kappa shape index (κ3) is 2.76. The average Bonchev–Trinajstić information content (AvgIpc) is 2.31. The molecule has 0 aliphatic carbocycles. The van der Waals surface area contributed by atoms with E-state index >= 15 is 0 Å². The summed E-state index contributed by atoms with van der Waals surface area (Å²) in [7, 11) is 0. The Labute approximate surface area is 97.9 Å². The number of hydrogen-bond acceptors (Lipinski definition) is 2. The van der Waals surface area contributed by atoms with Gasteiger partial charge < -0.3 is 4.74 Å². The van der Waals surface area contributed by atoms with Crippen LogP contribution in [0.25, 0.3) is 0 Å². The summed E-state index contributed by atoms with van der Waals surface area (Å²) in [6.45, 7) is 6.91. The molecule has 0 amide bonds. The van der Waals surface area contributed by atoms with Crippen molar-refractivity contribution in [2.24, 2.45) is 0 Å². The molecule has 86 valence electrons. The molecule has 0 heterocycles. The molecule has 0 aliphatic rings. The predicted octanol–water partition coefficient (Wildman–Crippen LogP) is 3.86. The van der Waals surface area contributed by atoms with Crippen molar-refractivity contribution in [2.75, 3.05) is 6.61 Å². The fourth-order valence-corrected chi connectivity index (χ4v) is 1.92. The minimum absolute atomic E-state index is 0.562. The highest BCUT2D eigenvalue weighted by molar-refractivity contribution is 5.46. The van der Waals surface area contributed by atoms with Crippen molar-refractivity contribution in [3.63, 3.8) is 0 Å². The molecule has 16 heavy (non-hydrogen) atoms. The minimum atomic E-state index is 0.562. The fourth-order valence-electron chi connectivity index (χ4n) is 1.92. The third-order valence-electron chi connectivity index (χ3n) is 2.88. The van der Waals surface area contributed by atoms with Crippen LogP contribution in [0, 0.1) is 11.3 Å². The molecular formula is C14H19NO. The summed E-state index contributed by atoms with van der Waals surface area (Å²) in [5.41, 5.74) is 1.89. The quantitative estimate of drug-likeness (QED) is 0.750. The largest absolute Gasteiger partial charge is 0.492 e. The van der Waals surface area contributed by atoms with Crippen molar-refractivity contribution in [1.82, 2.24) is 0 Å². The normalized spacial score (nSPS) is 10.2. The molecule has 0 bridgehead atoms. The van der Waals surface area contributed by atoms with Crippen molar-refractivity contribution in [3.05, 3.63) is 29.3 Å². The van der Waals surface area contributed by atoms with Gasteiger partial charge in [0.25, 0.3) is 0 Å². The van der Waals surface area contributed by atoms with Gasteiger partial charge in [0.15, 0.2) is 0 Å². The van der Waals surface area contributed by atoms with Crippen LogP contribution in [0.1, 0.15) is 50.7 Å². The molecule has 1 aromatic rings. The maximum Gasteiger partial charge on any atom is 0.137 e. The van der Waals surface area contributed by atoms with Crippen molar-refractivity contribution < 1.29 is 4.74 Å². The second kappa shape index (κ2) is 6.17. The Kier molecular flexibility index (Phi) is 4.85. The lowest BCUT2D eigenvalue weighted by Gasteiger charge is -2.14. The highest BCUT2D eigenvalue weighted by atomic mass is 16.5. The molecule has 0 N–H and O–H groups in total. The molecule has 0 saturated carbocycles.